The minimum atomic E-state index is -3.55. The van der Waals surface area contributed by atoms with Gasteiger partial charge in [0.25, 0.3) is 0 Å². The Morgan fingerprint density at radius 2 is 2.00 bits per heavy atom. The first kappa shape index (κ1) is 15.7. The van der Waals surface area contributed by atoms with Crippen molar-refractivity contribution < 1.29 is 17.9 Å². The molecule has 1 saturated heterocycles. The van der Waals surface area contributed by atoms with Crippen LogP contribution in [0.4, 0.5) is 0 Å². The van der Waals surface area contributed by atoms with E-state index in [1.165, 1.54) is 22.6 Å². The fraction of sp³-hybridized carbons (Fsp3) is 0.312. The molecule has 0 N–H and O–H groups in total. The summed E-state index contributed by atoms with van der Waals surface area (Å²) in [4.78, 5) is 4.03. The molecule has 1 aromatic carbocycles. The van der Waals surface area contributed by atoms with E-state index in [1.54, 1.807) is 0 Å². The van der Waals surface area contributed by atoms with E-state index < -0.39 is 10.0 Å². The SMILES string of the molecule is O=S(=O)(c1ccc(Cl)nc1)N1CCC(c2ccc3c(c2)OCO3)C1. The lowest BCUT2D eigenvalue weighted by molar-refractivity contribution is 0.174. The molecule has 0 saturated carbocycles. The molecule has 6 nitrogen and oxygen atoms in total. The van der Waals surface area contributed by atoms with Gasteiger partial charge in [-0.15, -0.1) is 0 Å². The quantitative estimate of drug-likeness (QED) is 0.781. The number of hydrogen-bond donors (Lipinski definition) is 0. The third-order valence-electron chi connectivity index (χ3n) is 4.36. The highest BCUT2D eigenvalue weighted by molar-refractivity contribution is 7.89. The van der Waals surface area contributed by atoms with Crippen molar-refractivity contribution in [3.8, 4) is 11.5 Å². The number of fused-ring (bicyclic) bond motifs is 1. The Morgan fingerprint density at radius 1 is 1.17 bits per heavy atom. The molecule has 3 heterocycles. The van der Waals surface area contributed by atoms with Crippen molar-refractivity contribution in [2.75, 3.05) is 19.9 Å². The number of hydrogen-bond acceptors (Lipinski definition) is 5. The maximum absolute atomic E-state index is 12.7. The van der Waals surface area contributed by atoms with Gasteiger partial charge in [0, 0.05) is 19.3 Å². The van der Waals surface area contributed by atoms with Gasteiger partial charge >= 0.3 is 0 Å². The Morgan fingerprint density at radius 3 is 2.79 bits per heavy atom. The van der Waals surface area contributed by atoms with Gasteiger partial charge in [-0.3, -0.25) is 0 Å². The van der Waals surface area contributed by atoms with Crippen molar-refractivity contribution in [3.63, 3.8) is 0 Å². The van der Waals surface area contributed by atoms with Crippen LogP contribution in [-0.4, -0.2) is 37.6 Å². The molecule has 0 radical (unpaired) electrons. The molecule has 2 aliphatic rings. The molecule has 0 spiro atoms. The first-order chi connectivity index (χ1) is 11.5. The molecule has 1 atom stereocenters. The van der Waals surface area contributed by atoms with E-state index in [1.807, 2.05) is 18.2 Å². The van der Waals surface area contributed by atoms with E-state index in [4.69, 9.17) is 21.1 Å². The summed E-state index contributed by atoms with van der Waals surface area (Å²) in [5.74, 6) is 1.58. The van der Waals surface area contributed by atoms with E-state index in [0.29, 0.717) is 13.1 Å². The van der Waals surface area contributed by atoms with Crippen LogP contribution in [0.25, 0.3) is 0 Å². The first-order valence-corrected chi connectivity index (χ1v) is 9.37. The van der Waals surface area contributed by atoms with Crippen LogP contribution >= 0.6 is 11.6 Å². The average molecular weight is 367 g/mol. The van der Waals surface area contributed by atoms with Gasteiger partial charge in [-0.1, -0.05) is 17.7 Å². The molecular weight excluding hydrogens is 352 g/mol. The minimum absolute atomic E-state index is 0.134. The smallest absolute Gasteiger partial charge is 0.244 e. The van der Waals surface area contributed by atoms with Crippen molar-refractivity contribution in [2.24, 2.45) is 0 Å². The molecule has 0 bridgehead atoms. The van der Waals surface area contributed by atoms with Gasteiger partial charge in [0.15, 0.2) is 11.5 Å². The van der Waals surface area contributed by atoms with Crippen LogP contribution in [0.3, 0.4) is 0 Å². The topological polar surface area (TPSA) is 68.7 Å². The van der Waals surface area contributed by atoms with Gasteiger partial charge in [0.05, 0.1) is 0 Å². The second kappa shape index (κ2) is 5.91. The number of benzene rings is 1. The Bertz CT molecular complexity index is 870. The van der Waals surface area contributed by atoms with Gasteiger partial charge < -0.3 is 9.47 Å². The highest BCUT2D eigenvalue weighted by Crippen LogP contribution is 2.38. The van der Waals surface area contributed by atoms with Crippen molar-refractivity contribution in [1.29, 1.82) is 0 Å². The summed E-state index contributed by atoms with van der Waals surface area (Å²) >= 11 is 5.73. The number of rotatable bonds is 3. The molecule has 2 aliphatic heterocycles. The second-order valence-electron chi connectivity index (χ2n) is 5.78. The molecular formula is C16H15ClN2O4S. The molecule has 4 rings (SSSR count). The lowest BCUT2D eigenvalue weighted by Crippen LogP contribution is -2.28. The van der Waals surface area contributed by atoms with Crippen LogP contribution < -0.4 is 9.47 Å². The molecule has 24 heavy (non-hydrogen) atoms. The van der Waals surface area contributed by atoms with E-state index >= 15 is 0 Å². The number of halogens is 1. The van der Waals surface area contributed by atoms with Gasteiger partial charge in [-0.05, 0) is 42.2 Å². The van der Waals surface area contributed by atoms with Crippen molar-refractivity contribution in [2.45, 2.75) is 17.2 Å². The zero-order chi connectivity index (χ0) is 16.7. The maximum atomic E-state index is 12.7. The highest BCUT2D eigenvalue weighted by atomic mass is 35.5. The zero-order valence-corrected chi connectivity index (χ0v) is 14.3. The lowest BCUT2D eigenvalue weighted by Gasteiger charge is -2.16. The van der Waals surface area contributed by atoms with E-state index in [0.717, 1.165) is 23.5 Å². The molecule has 1 unspecified atom stereocenters. The van der Waals surface area contributed by atoms with E-state index in [2.05, 4.69) is 4.98 Å². The fourth-order valence-corrected chi connectivity index (χ4v) is 4.61. The molecule has 0 amide bonds. The Hall–Kier alpha value is -1.83. The largest absolute Gasteiger partial charge is 0.454 e. The third kappa shape index (κ3) is 2.72. The summed E-state index contributed by atoms with van der Waals surface area (Å²) in [7, 11) is -3.55. The van der Waals surface area contributed by atoms with Crippen LogP contribution in [-0.2, 0) is 10.0 Å². The standard InChI is InChI=1S/C16H15ClN2O4S/c17-16-4-2-13(8-18-16)24(20,21)19-6-5-12(9-19)11-1-3-14-15(7-11)23-10-22-14/h1-4,7-8,12H,5-6,9-10H2. The monoisotopic (exact) mass is 366 g/mol. The number of ether oxygens (including phenoxy) is 2. The molecule has 8 heteroatoms. The number of nitrogens with zero attached hydrogens (tertiary/aromatic N) is 2. The Labute approximate surface area is 145 Å². The Kier molecular flexibility index (Phi) is 3.86. The molecule has 126 valence electrons. The molecule has 1 aromatic heterocycles. The Balaban J connectivity index is 1.55. The van der Waals surface area contributed by atoms with Gasteiger partial charge in [-0.2, -0.15) is 4.31 Å². The summed E-state index contributed by atoms with van der Waals surface area (Å²) in [6.07, 6.45) is 2.06. The van der Waals surface area contributed by atoms with E-state index in [-0.39, 0.29) is 22.8 Å². The maximum Gasteiger partial charge on any atom is 0.244 e. The zero-order valence-electron chi connectivity index (χ0n) is 12.7. The predicted molar refractivity (Wildman–Crippen MR) is 87.9 cm³/mol. The van der Waals surface area contributed by atoms with Gasteiger partial charge in [0.2, 0.25) is 16.8 Å². The highest BCUT2D eigenvalue weighted by Gasteiger charge is 2.34. The van der Waals surface area contributed by atoms with Crippen molar-refractivity contribution >= 4 is 21.6 Å². The van der Waals surface area contributed by atoms with Crippen LogP contribution in [0.1, 0.15) is 17.9 Å². The summed E-state index contributed by atoms with van der Waals surface area (Å²) in [6, 6.07) is 8.75. The average Bonchev–Trinajstić information content (AvgIpc) is 3.24. The first-order valence-electron chi connectivity index (χ1n) is 7.55. The van der Waals surface area contributed by atoms with E-state index in [9.17, 15) is 8.42 Å². The number of aromatic nitrogens is 1. The number of sulfonamides is 1. The van der Waals surface area contributed by atoms with Crippen LogP contribution in [0, 0.1) is 0 Å². The molecule has 1 fully saturated rings. The van der Waals surface area contributed by atoms with Crippen molar-refractivity contribution in [1.82, 2.24) is 9.29 Å². The van der Waals surface area contributed by atoms with Gasteiger partial charge in [0.1, 0.15) is 10.0 Å². The lowest BCUT2D eigenvalue weighted by atomic mass is 9.98. The number of pyridine rings is 1. The second-order valence-corrected chi connectivity index (χ2v) is 8.10. The van der Waals surface area contributed by atoms with Gasteiger partial charge in [-0.25, -0.2) is 13.4 Å². The fourth-order valence-electron chi connectivity index (χ4n) is 3.05. The summed E-state index contributed by atoms with van der Waals surface area (Å²) in [5, 5.41) is 0.272. The molecule has 0 aliphatic carbocycles. The third-order valence-corrected chi connectivity index (χ3v) is 6.43. The summed E-state index contributed by atoms with van der Waals surface area (Å²) < 4.78 is 37.6. The predicted octanol–water partition coefficient (Wildman–Crippen LogP) is 2.64. The summed E-state index contributed by atoms with van der Waals surface area (Å²) in [5.41, 5.74) is 1.06. The summed E-state index contributed by atoms with van der Waals surface area (Å²) in [6.45, 7) is 1.14. The minimum Gasteiger partial charge on any atom is -0.454 e. The van der Waals surface area contributed by atoms with Crippen molar-refractivity contribution in [3.05, 3.63) is 47.2 Å². The van der Waals surface area contributed by atoms with Crippen LogP contribution in [0.15, 0.2) is 41.4 Å². The van der Waals surface area contributed by atoms with Crippen LogP contribution in [0.2, 0.25) is 5.15 Å². The molecule has 2 aromatic rings. The normalized spacial score (nSPS) is 20.5. The van der Waals surface area contributed by atoms with Crippen LogP contribution in [0.5, 0.6) is 11.5 Å².